The van der Waals surface area contributed by atoms with E-state index >= 15 is 0 Å². The molecular weight excluding hydrogens is 392 g/mol. The number of piperidine rings is 1. The van der Waals surface area contributed by atoms with Crippen molar-refractivity contribution in [2.75, 3.05) is 25.0 Å². The molecule has 2 N–H and O–H groups in total. The Labute approximate surface area is 183 Å². The number of nitrogens with one attached hydrogen (secondary N) is 2. The number of aromatic nitrogens is 2. The first-order chi connectivity index (χ1) is 14.8. The minimum Gasteiger partial charge on any atom is -0.368 e. The van der Waals surface area contributed by atoms with Crippen molar-refractivity contribution in [3.05, 3.63) is 47.3 Å². The second-order valence-corrected chi connectivity index (χ2v) is 9.59. The summed E-state index contributed by atoms with van der Waals surface area (Å²) in [6, 6.07) is 7.84. The molecular formula is C24H32N4O3. The Morgan fingerprint density at radius 1 is 1.19 bits per heavy atom. The highest BCUT2D eigenvalue weighted by molar-refractivity contribution is 5.94. The molecule has 0 aliphatic carbocycles. The number of likely N-dealkylation sites (tertiary alicyclic amines) is 1. The van der Waals surface area contributed by atoms with Crippen LogP contribution < -0.4 is 5.32 Å². The van der Waals surface area contributed by atoms with Crippen molar-refractivity contribution < 1.29 is 14.3 Å². The molecule has 2 aromatic rings. The van der Waals surface area contributed by atoms with E-state index in [0.717, 1.165) is 36.2 Å². The van der Waals surface area contributed by atoms with Crippen LogP contribution in [0.5, 0.6) is 0 Å². The zero-order valence-electron chi connectivity index (χ0n) is 18.7. The number of nitrogens with zero attached hydrogens (tertiary/aromatic N) is 2. The van der Waals surface area contributed by atoms with Crippen LogP contribution in [0.4, 0.5) is 5.69 Å². The van der Waals surface area contributed by atoms with Gasteiger partial charge in [-0.2, -0.15) is 5.10 Å². The van der Waals surface area contributed by atoms with E-state index in [2.05, 4.69) is 36.3 Å². The van der Waals surface area contributed by atoms with Crippen molar-refractivity contribution in [1.82, 2.24) is 15.1 Å². The molecule has 1 aromatic carbocycles. The maximum atomic E-state index is 12.7. The number of hydrogen-bond acceptors (Lipinski definition) is 4. The summed E-state index contributed by atoms with van der Waals surface area (Å²) >= 11 is 0. The lowest BCUT2D eigenvalue weighted by Crippen LogP contribution is -2.48. The van der Waals surface area contributed by atoms with Crippen LogP contribution in [-0.2, 0) is 31.8 Å². The molecule has 0 bridgehead atoms. The van der Waals surface area contributed by atoms with E-state index in [1.165, 1.54) is 5.56 Å². The number of H-pyrrole nitrogens is 1. The molecule has 3 heterocycles. The van der Waals surface area contributed by atoms with Gasteiger partial charge in [-0.05, 0) is 41.9 Å². The number of ether oxygens (including phenoxy) is 1. The second kappa shape index (κ2) is 8.46. The Bertz CT molecular complexity index is 952. The summed E-state index contributed by atoms with van der Waals surface area (Å²) in [4.78, 5) is 27.1. The third-order valence-corrected chi connectivity index (χ3v) is 6.42. The van der Waals surface area contributed by atoms with Gasteiger partial charge >= 0.3 is 0 Å². The first-order valence-corrected chi connectivity index (χ1v) is 11.1. The number of para-hydroxylation sites is 1. The number of amides is 2. The maximum Gasteiger partial charge on any atom is 0.224 e. The summed E-state index contributed by atoms with van der Waals surface area (Å²) in [5.74, 6) is -0.106. The summed E-state index contributed by atoms with van der Waals surface area (Å²) < 4.78 is 6.15. The molecule has 0 saturated carbocycles. The molecule has 1 fully saturated rings. The third kappa shape index (κ3) is 4.51. The lowest BCUT2D eigenvalue weighted by molar-refractivity contribution is -0.142. The Balaban J connectivity index is 1.30. The Kier molecular flexibility index (Phi) is 5.88. The minimum atomic E-state index is -0.352. The SMILES string of the molecule is CC(C)(C)c1ccccc1NC(=O)CCC(=O)N1CCC2(CC1)OCCc1cn[nH]c12. The quantitative estimate of drug-likeness (QED) is 0.786. The zero-order valence-corrected chi connectivity index (χ0v) is 18.7. The fourth-order valence-electron chi connectivity index (χ4n) is 4.67. The van der Waals surface area contributed by atoms with Crippen LogP contribution in [0.15, 0.2) is 30.5 Å². The Hall–Kier alpha value is -2.67. The number of fused-ring (bicyclic) bond motifs is 2. The summed E-state index contributed by atoms with van der Waals surface area (Å²) in [5, 5.41) is 10.3. The average Bonchev–Trinajstić information content (AvgIpc) is 3.23. The first kappa shape index (κ1) is 21.6. The highest BCUT2D eigenvalue weighted by atomic mass is 16.5. The molecule has 7 heteroatoms. The van der Waals surface area contributed by atoms with Crippen molar-refractivity contribution in [1.29, 1.82) is 0 Å². The molecule has 2 amide bonds. The predicted octanol–water partition coefficient (Wildman–Crippen LogP) is 3.52. The number of rotatable bonds is 4. The number of carbonyl (C=O) groups is 2. The van der Waals surface area contributed by atoms with Gasteiger partial charge < -0.3 is 15.0 Å². The molecule has 31 heavy (non-hydrogen) atoms. The average molecular weight is 425 g/mol. The van der Waals surface area contributed by atoms with Crippen molar-refractivity contribution in [2.24, 2.45) is 0 Å². The monoisotopic (exact) mass is 424 g/mol. The van der Waals surface area contributed by atoms with Gasteiger partial charge in [0.25, 0.3) is 0 Å². The number of anilines is 1. The topological polar surface area (TPSA) is 87.3 Å². The highest BCUT2D eigenvalue weighted by Crippen LogP contribution is 2.40. The normalized spacial score (nSPS) is 18.0. The van der Waals surface area contributed by atoms with Gasteiger partial charge in [-0.1, -0.05) is 39.0 Å². The van der Waals surface area contributed by atoms with E-state index in [-0.39, 0.29) is 35.7 Å². The lowest BCUT2D eigenvalue weighted by Gasteiger charge is -2.43. The molecule has 166 valence electrons. The number of aromatic amines is 1. The Morgan fingerprint density at radius 3 is 2.68 bits per heavy atom. The van der Waals surface area contributed by atoms with Gasteiger partial charge in [0, 0.05) is 31.6 Å². The van der Waals surface area contributed by atoms with Crippen LogP contribution in [0.1, 0.15) is 63.3 Å². The van der Waals surface area contributed by atoms with Crippen molar-refractivity contribution in [3.63, 3.8) is 0 Å². The van der Waals surface area contributed by atoms with E-state index in [0.29, 0.717) is 19.7 Å². The van der Waals surface area contributed by atoms with E-state index < -0.39 is 0 Å². The fraction of sp³-hybridized carbons (Fsp3) is 0.542. The van der Waals surface area contributed by atoms with Crippen LogP contribution in [0.25, 0.3) is 0 Å². The third-order valence-electron chi connectivity index (χ3n) is 6.42. The van der Waals surface area contributed by atoms with Gasteiger partial charge in [0.1, 0.15) is 5.60 Å². The van der Waals surface area contributed by atoms with E-state index in [4.69, 9.17) is 4.74 Å². The molecule has 1 saturated heterocycles. The molecule has 0 unspecified atom stereocenters. The summed E-state index contributed by atoms with van der Waals surface area (Å²) in [6.07, 6.45) is 4.66. The van der Waals surface area contributed by atoms with E-state index in [1.807, 2.05) is 35.4 Å². The smallest absolute Gasteiger partial charge is 0.224 e. The molecule has 1 aromatic heterocycles. The van der Waals surface area contributed by atoms with Crippen molar-refractivity contribution in [2.45, 2.75) is 63.9 Å². The number of benzene rings is 1. The van der Waals surface area contributed by atoms with Gasteiger partial charge in [-0.3, -0.25) is 14.7 Å². The van der Waals surface area contributed by atoms with Crippen LogP contribution in [0, 0.1) is 0 Å². The van der Waals surface area contributed by atoms with Crippen molar-refractivity contribution >= 4 is 17.5 Å². The first-order valence-electron chi connectivity index (χ1n) is 11.1. The van der Waals surface area contributed by atoms with Crippen LogP contribution >= 0.6 is 0 Å². The zero-order chi connectivity index (χ0) is 22.1. The minimum absolute atomic E-state index is 0.0229. The van der Waals surface area contributed by atoms with Gasteiger partial charge in [-0.25, -0.2) is 0 Å². The second-order valence-electron chi connectivity index (χ2n) is 9.59. The molecule has 0 atom stereocenters. The van der Waals surface area contributed by atoms with Crippen LogP contribution in [0.2, 0.25) is 0 Å². The maximum absolute atomic E-state index is 12.7. The fourth-order valence-corrected chi connectivity index (χ4v) is 4.67. The summed E-state index contributed by atoms with van der Waals surface area (Å²) in [5.41, 5.74) is 3.77. The van der Waals surface area contributed by atoms with Gasteiger partial charge in [-0.15, -0.1) is 0 Å². The van der Waals surface area contributed by atoms with Gasteiger partial charge in [0.15, 0.2) is 0 Å². The summed E-state index contributed by atoms with van der Waals surface area (Å²) in [7, 11) is 0. The summed E-state index contributed by atoms with van der Waals surface area (Å²) in [6.45, 7) is 8.31. The largest absolute Gasteiger partial charge is 0.368 e. The standard InChI is InChI=1S/C24H32N4O3/c1-23(2,3)18-6-4-5-7-19(18)26-20(29)8-9-21(30)28-13-11-24(12-14-28)22-17(10-15-31-24)16-25-27-22/h4-7,16H,8-15H2,1-3H3,(H,25,27)(H,26,29). The number of hydrogen-bond donors (Lipinski definition) is 2. The molecule has 4 rings (SSSR count). The number of carbonyl (C=O) groups excluding carboxylic acids is 2. The highest BCUT2D eigenvalue weighted by Gasteiger charge is 2.43. The van der Waals surface area contributed by atoms with E-state index in [1.54, 1.807) is 0 Å². The Morgan fingerprint density at radius 2 is 1.94 bits per heavy atom. The van der Waals surface area contributed by atoms with Gasteiger partial charge in [0.05, 0.1) is 18.5 Å². The van der Waals surface area contributed by atoms with Crippen LogP contribution in [0.3, 0.4) is 0 Å². The molecule has 1 spiro atoms. The van der Waals surface area contributed by atoms with Gasteiger partial charge in [0.2, 0.25) is 11.8 Å². The molecule has 7 nitrogen and oxygen atoms in total. The predicted molar refractivity (Wildman–Crippen MR) is 119 cm³/mol. The molecule has 0 radical (unpaired) electrons. The van der Waals surface area contributed by atoms with Crippen molar-refractivity contribution in [3.8, 4) is 0 Å². The lowest BCUT2D eigenvalue weighted by atomic mass is 9.83. The molecule has 2 aliphatic rings. The van der Waals surface area contributed by atoms with E-state index in [9.17, 15) is 9.59 Å². The van der Waals surface area contributed by atoms with Crippen LogP contribution in [-0.4, -0.2) is 46.6 Å². The molecule has 2 aliphatic heterocycles.